The highest BCUT2D eigenvalue weighted by molar-refractivity contribution is 6.31. The number of benzene rings is 1. The molecule has 1 N–H and O–H groups in total. The topological polar surface area (TPSA) is 29.1 Å². The number of aryl methyl sites for hydroxylation is 2. The van der Waals surface area contributed by atoms with Crippen LogP contribution >= 0.6 is 11.6 Å². The Bertz CT molecular complexity index is 460. The molecule has 1 aromatic rings. The van der Waals surface area contributed by atoms with Gasteiger partial charge in [0.25, 0.3) is 0 Å². The van der Waals surface area contributed by atoms with E-state index in [-0.39, 0.29) is 5.91 Å². The number of carbonyl (C=O) groups excluding carboxylic acids is 1. The van der Waals surface area contributed by atoms with Crippen molar-refractivity contribution in [2.45, 2.75) is 47.5 Å². The predicted octanol–water partition coefficient (Wildman–Crippen LogP) is 4.63. The van der Waals surface area contributed by atoms with Crippen LogP contribution in [0.5, 0.6) is 0 Å². The minimum absolute atomic E-state index is 0.123. The van der Waals surface area contributed by atoms with Crippen LogP contribution in [0.3, 0.4) is 0 Å². The van der Waals surface area contributed by atoms with Crippen molar-refractivity contribution in [1.82, 2.24) is 5.32 Å². The van der Waals surface area contributed by atoms with Crippen molar-refractivity contribution < 1.29 is 4.79 Å². The van der Waals surface area contributed by atoms with Crippen LogP contribution < -0.4 is 5.32 Å². The van der Waals surface area contributed by atoms with Gasteiger partial charge >= 0.3 is 0 Å². The SMILES string of the molecule is Cc1ccc(CCC(=O)NCC(C(C)C)C(C)C)cc1Cl. The van der Waals surface area contributed by atoms with Crippen LogP contribution in [0.25, 0.3) is 0 Å². The van der Waals surface area contributed by atoms with Crippen molar-refractivity contribution in [3.8, 4) is 0 Å². The Labute approximate surface area is 134 Å². The first-order chi connectivity index (χ1) is 9.81. The van der Waals surface area contributed by atoms with E-state index in [1.165, 1.54) is 0 Å². The molecule has 0 unspecified atom stereocenters. The van der Waals surface area contributed by atoms with Gasteiger partial charge in [-0.05, 0) is 48.3 Å². The highest BCUT2D eigenvalue weighted by Gasteiger charge is 2.18. The maximum Gasteiger partial charge on any atom is 0.220 e. The zero-order chi connectivity index (χ0) is 16.0. The standard InChI is InChI=1S/C18H28ClNO/c1-12(2)16(13(3)4)11-20-18(21)9-8-15-7-6-14(5)17(19)10-15/h6-7,10,12-13,16H,8-9,11H2,1-5H3,(H,20,21). The maximum atomic E-state index is 12.0. The Morgan fingerprint density at radius 2 is 1.81 bits per heavy atom. The van der Waals surface area contributed by atoms with Gasteiger partial charge in [-0.2, -0.15) is 0 Å². The van der Waals surface area contributed by atoms with Gasteiger partial charge in [0.2, 0.25) is 5.91 Å². The fourth-order valence-electron chi connectivity index (χ4n) is 2.61. The van der Waals surface area contributed by atoms with Crippen LogP contribution in [-0.4, -0.2) is 12.5 Å². The van der Waals surface area contributed by atoms with E-state index in [4.69, 9.17) is 11.6 Å². The van der Waals surface area contributed by atoms with E-state index in [1.807, 2.05) is 25.1 Å². The van der Waals surface area contributed by atoms with Gasteiger partial charge in [-0.3, -0.25) is 4.79 Å². The van der Waals surface area contributed by atoms with E-state index in [0.717, 1.165) is 29.1 Å². The predicted molar refractivity (Wildman–Crippen MR) is 90.7 cm³/mol. The Morgan fingerprint density at radius 3 is 2.33 bits per heavy atom. The molecular formula is C18H28ClNO. The molecule has 0 aliphatic rings. The lowest BCUT2D eigenvalue weighted by Gasteiger charge is -2.25. The highest BCUT2D eigenvalue weighted by Crippen LogP contribution is 2.20. The monoisotopic (exact) mass is 309 g/mol. The third kappa shape index (κ3) is 6.09. The third-order valence-electron chi connectivity index (χ3n) is 4.12. The van der Waals surface area contributed by atoms with E-state index in [9.17, 15) is 4.79 Å². The molecule has 0 heterocycles. The molecule has 0 aromatic heterocycles. The van der Waals surface area contributed by atoms with Crippen LogP contribution in [0.1, 0.15) is 45.2 Å². The minimum Gasteiger partial charge on any atom is -0.356 e. The highest BCUT2D eigenvalue weighted by atomic mass is 35.5. The van der Waals surface area contributed by atoms with Crippen molar-refractivity contribution in [3.05, 3.63) is 34.3 Å². The molecule has 118 valence electrons. The molecule has 1 rings (SSSR count). The number of amides is 1. The maximum absolute atomic E-state index is 12.0. The first-order valence-corrected chi connectivity index (χ1v) is 8.20. The summed E-state index contributed by atoms with van der Waals surface area (Å²) in [5, 5.41) is 3.84. The Kier molecular flexibility index (Phi) is 7.24. The fraction of sp³-hybridized carbons (Fsp3) is 0.611. The average molecular weight is 310 g/mol. The molecule has 0 spiro atoms. The van der Waals surface area contributed by atoms with Gasteiger partial charge in [0.05, 0.1) is 0 Å². The van der Waals surface area contributed by atoms with Crippen molar-refractivity contribution in [3.63, 3.8) is 0 Å². The molecule has 0 atom stereocenters. The lowest BCUT2D eigenvalue weighted by molar-refractivity contribution is -0.121. The summed E-state index contributed by atoms with van der Waals surface area (Å²) in [5.74, 6) is 1.82. The number of hydrogen-bond acceptors (Lipinski definition) is 1. The molecule has 0 fully saturated rings. The second-order valence-corrected chi connectivity index (χ2v) is 6.95. The van der Waals surface area contributed by atoms with E-state index >= 15 is 0 Å². The summed E-state index contributed by atoms with van der Waals surface area (Å²) in [4.78, 5) is 12.0. The van der Waals surface area contributed by atoms with Crippen molar-refractivity contribution in [2.24, 2.45) is 17.8 Å². The zero-order valence-electron chi connectivity index (χ0n) is 13.9. The minimum atomic E-state index is 0.123. The molecule has 0 saturated heterocycles. The summed E-state index contributed by atoms with van der Waals surface area (Å²) in [6.07, 6.45) is 1.25. The Hall–Kier alpha value is -1.02. The lowest BCUT2D eigenvalue weighted by atomic mass is 9.85. The molecule has 3 heteroatoms. The van der Waals surface area contributed by atoms with Crippen LogP contribution in [0.15, 0.2) is 18.2 Å². The summed E-state index contributed by atoms with van der Waals surface area (Å²) >= 11 is 6.10. The van der Waals surface area contributed by atoms with Crippen LogP contribution in [0, 0.1) is 24.7 Å². The summed E-state index contributed by atoms with van der Waals surface area (Å²) in [6, 6.07) is 6.00. The summed E-state index contributed by atoms with van der Waals surface area (Å²) in [5.41, 5.74) is 2.19. The van der Waals surface area contributed by atoms with Gasteiger partial charge in [0, 0.05) is 18.0 Å². The van der Waals surface area contributed by atoms with Gasteiger partial charge in [-0.25, -0.2) is 0 Å². The van der Waals surface area contributed by atoms with Gasteiger partial charge in [0.15, 0.2) is 0 Å². The van der Waals surface area contributed by atoms with Crippen molar-refractivity contribution >= 4 is 17.5 Å². The largest absolute Gasteiger partial charge is 0.356 e. The second kappa shape index (κ2) is 8.43. The van der Waals surface area contributed by atoms with E-state index < -0.39 is 0 Å². The van der Waals surface area contributed by atoms with Gasteiger partial charge in [-0.15, -0.1) is 0 Å². The molecule has 0 bridgehead atoms. The van der Waals surface area contributed by atoms with Crippen LogP contribution in [0.4, 0.5) is 0 Å². The first-order valence-electron chi connectivity index (χ1n) is 7.83. The number of halogens is 1. The van der Waals surface area contributed by atoms with Gasteiger partial charge < -0.3 is 5.32 Å². The second-order valence-electron chi connectivity index (χ2n) is 6.54. The quantitative estimate of drug-likeness (QED) is 0.782. The van der Waals surface area contributed by atoms with E-state index in [1.54, 1.807) is 0 Å². The number of rotatable bonds is 7. The van der Waals surface area contributed by atoms with Gasteiger partial charge in [0.1, 0.15) is 0 Å². The summed E-state index contributed by atoms with van der Waals surface area (Å²) < 4.78 is 0. The first kappa shape index (κ1) is 18.0. The van der Waals surface area contributed by atoms with Crippen molar-refractivity contribution in [1.29, 1.82) is 0 Å². The molecule has 0 aliphatic carbocycles. The number of carbonyl (C=O) groups is 1. The molecule has 1 aromatic carbocycles. The molecule has 0 aliphatic heterocycles. The average Bonchev–Trinajstić information content (AvgIpc) is 2.39. The number of nitrogens with one attached hydrogen (secondary N) is 1. The molecular weight excluding hydrogens is 282 g/mol. The molecule has 1 amide bonds. The van der Waals surface area contributed by atoms with Crippen LogP contribution in [-0.2, 0) is 11.2 Å². The third-order valence-corrected chi connectivity index (χ3v) is 4.53. The molecule has 0 saturated carbocycles. The smallest absolute Gasteiger partial charge is 0.220 e. The molecule has 0 radical (unpaired) electrons. The fourth-order valence-corrected chi connectivity index (χ4v) is 2.81. The number of hydrogen-bond donors (Lipinski definition) is 1. The Morgan fingerprint density at radius 1 is 1.19 bits per heavy atom. The van der Waals surface area contributed by atoms with E-state index in [0.29, 0.717) is 24.2 Å². The zero-order valence-corrected chi connectivity index (χ0v) is 14.6. The lowest BCUT2D eigenvalue weighted by Crippen LogP contribution is -2.34. The normalized spacial score (nSPS) is 11.5. The van der Waals surface area contributed by atoms with Crippen molar-refractivity contribution in [2.75, 3.05) is 6.54 Å². The summed E-state index contributed by atoms with van der Waals surface area (Å²) in [6.45, 7) is 11.6. The summed E-state index contributed by atoms with van der Waals surface area (Å²) in [7, 11) is 0. The van der Waals surface area contributed by atoms with Gasteiger partial charge in [-0.1, -0.05) is 51.4 Å². The molecule has 2 nitrogen and oxygen atoms in total. The van der Waals surface area contributed by atoms with E-state index in [2.05, 4.69) is 33.0 Å². The molecule has 21 heavy (non-hydrogen) atoms. The van der Waals surface area contributed by atoms with Crippen LogP contribution in [0.2, 0.25) is 5.02 Å². The Balaban J connectivity index is 2.42.